The van der Waals surface area contributed by atoms with E-state index >= 15 is 0 Å². The van der Waals surface area contributed by atoms with E-state index in [1.54, 1.807) is 37.6 Å². The molecule has 10 nitrogen and oxygen atoms in total. The SMILES string of the molecule is COCCOc1c(NC(=O)/C=C/[C@H]2CCCN2C)ccc2ncnc(Nc3ccc(OCc4ccccn4)c(Cl)c3)c12. The van der Waals surface area contributed by atoms with Gasteiger partial charge in [-0.25, -0.2) is 9.97 Å². The van der Waals surface area contributed by atoms with Gasteiger partial charge in [0.25, 0.3) is 0 Å². The third-order valence-electron chi connectivity index (χ3n) is 6.89. The van der Waals surface area contributed by atoms with Crippen LogP contribution in [0, 0.1) is 0 Å². The number of ether oxygens (including phenoxy) is 3. The topological polar surface area (TPSA) is 111 Å². The number of nitrogens with zero attached hydrogens (tertiary/aromatic N) is 4. The Bertz CT molecular complexity index is 1550. The summed E-state index contributed by atoms with van der Waals surface area (Å²) >= 11 is 6.55. The smallest absolute Gasteiger partial charge is 0.248 e. The van der Waals surface area contributed by atoms with E-state index in [0.29, 0.717) is 57.8 Å². The molecule has 1 aliphatic rings. The van der Waals surface area contributed by atoms with E-state index in [1.165, 1.54) is 6.33 Å². The number of carbonyl (C=O) groups is 1. The minimum absolute atomic E-state index is 0.245. The van der Waals surface area contributed by atoms with Crippen molar-refractivity contribution in [3.05, 3.63) is 83.9 Å². The Morgan fingerprint density at radius 2 is 2.02 bits per heavy atom. The third kappa shape index (κ3) is 7.33. The highest BCUT2D eigenvalue weighted by molar-refractivity contribution is 6.32. The molecule has 3 heterocycles. The zero-order valence-electron chi connectivity index (χ0n) is 23.5. The number of nitrogens with one attached hydrogen (secondary N) is 2. The molecule has 0 radical (unpaired) electrons. The van der Waals surface area contributed by atoms with Gasteiger partial charge in [0.05, 0.1) is 33.9 Å². The van der Waals surface area contributed by atoms with Gasteiger partial charge in [-0.3, -0.25) is 14.7 Å². The maximum Gasteiger partial charge on any atom is 0.248 e. The molecule has 1 amide bonds. The van der Waals surface area contributed by atoms with Crippen molar-refractivity contribution < 1.29 is 19.0 Å². The minimum atomic E-state index is -0.245. The first-order chi connectivity index (χ1) is 20.5. The Hall–Kier alpha value is -4.25. The van der Waals surface area contributed by atoms with Gasteiger partial charge >= 0.3 is 0 Å². The fraction of sp³-hybridized carbons (Fsp3) is 0.290. The number of likely N-dealkylation sites (tertiary alicyclic amines) is 1. The van der Waals surface area contributed by atoms with Gasteiger partial charge in [0, 0.05) is 31.1 Å². The molecule has 1 atom stereocenters. The van der Waals surface area contributed by atoms with Crippen molar-refractivity contribution in [3.8, 4) is 11.5 Å². The molecule has 4 aromatic rings. The fourth-order valence-corrected chi connectivity index (χ4v) is 4.95. The first-order valence-corrected chi connectivity index (χ1v) is 14.1. The Morgan fingerprint density at radius 1 is 1.12 bits per heavy atom. The predicted molar refractivity (Wildman–Crippen MR) is 164 cm³/mol. The summed E-state index contributed by atoms with van der Waals surface area (Å²) in [5.41, 5.74) is 2.63. The van der Waals surface area contributed by atoms with Gasteiger partial charge in [-0.2, -0.15) is 0 Å². The Balaban J connectivity index is 1.39. The second-order valence-corrected chi connectivity index (χ2v) is 10.2. The number of hydrogen-bond donors (Lipinski definition) is 2. The van der Waals surface area contributed by atoms with Crippen LogP contribution >= 0.6 is 11.6 Å². The van der Waals surface area contributed by atoms with Gasteiger partial charge in [0.1, 0.15) is 31.1 Å². The molecule has 0 spiro atoms. The highest BCUT2D eigenvalue weighted by Gasteiger charge is 2.19. The van der Waals surface area contributed by atoms with Gasteiger partial charge in [-0.15, -0.1) is 0 Å². The molecule has 11 heteroatoms. The van der Waals surface area contributed by atoms with Crippen LogP contribution in [0.3, 0.4) is 0 Å². The lowest BCUT2D eigenvalue weighted by molar-refractivity contribution is -0.112. The molecular weight excluding hydrogens is 556 g/mol. The lowest BCUT2D eigenvalue weighted by atomic mass is 10.1. The van der Waals surface area contributed by atoms with Gasteiger partial charge in [0.2, 0.25) is 5.91 Å². The minimum Gasteiger partial charge on any atom is -0.488 e. The average Bonchev–Trinajstić information content (AvgIpc) is 3.41. The highest BCUT2D eigenvalue weighted by atomic mass is 35.5. The number of amides is 1. The van der Waals surface area contributed by atoms with Gasteiger partial charge in [-0.05, 0) is 68.9 Å². The molecule has 218 valence electrons. The second kappa shape index (κ2) is 14.1. The van der Waals surface area contributed by atoms with E-state index in [2.05, 4.69) is 37.5 Å². The maximum absolute atomic E-state index is 12.9. The number of halogens is 1. The van der Waals surface area contributed by atoms with Crippen molar-refractivity contribution in [2.24, 2.45) is 0 Å². The summed E-state index contributed by atoms with van der Waals surface area (Å²) in [6.45, 7) is 1.96. The van der Waals surface area contributed by atoms with Gasteiger partial charge < -0.3 is 24.8 Å². The molecule has 2 aromatic heterocycles. The van der Waals surface area contributed by atoms with Gasteiger partial charge in [0.15, 0.2) is 5.75 Å². The number of fused-ring (bicyclic) bond motifs is 1. The van der Waals surface area contributed by atoms with Crippen molar-refractivity contribution in [2.45, 2.75) is 25.5 Å². The number of anilines is 3. The summed E-state index contributed by atoms with van der Waals surface area (Å²) in [6.07, 6.45) is 8.87. The molecule has 1 aliphatic heterocycles. The molecule has 2 aromatic carbocycles. The van der Waals surface area contributed by atoms with E-state index in [9.17, 15) is 4.79 Å². The highest BCUT2D eigenvalue weighted by Crippen LogP contribution is 2.38. The quantitative estimate of drug-likeness (QED) is 0.161. The Labute approximate surface area is 249 Å². The first kappa shape index (κ1) is 29.2. The standard InChI is InChI=1S/C31H33ClN6O4/c1-38-15-5-7-23(38)9-13-28(39)37-26-11-10-25-29(30(26)41-17-16-40-2)31(35-20-34-25)36-21-8-12-27(24(32)18-21)42-19-22-6-3-4-14-33-22/h3-4,6,8-14,18,20,23H,5,7,15-17,19H2,1-2H3,(H,37,39)(H,34,35,36)/b13-9+/t23-/m1/s1. The lowest BCUT2D eigenvalue weighted by Gasteiger charge is -2.17. The molecule has 0 aliphatic carbocycles. The summed E-state index contributed by atoms with van der Waals surface area (Å²) in [7, 11) is 3.67. The number of hydrogen-bond acceptors (Lipinski definition) is 9. The van der Waals surface area contributed by atoms with Gasteiger partial charge in [-0.1, -0.05) is 23.7 Å². The van der Waals surface area contributed by atoms with Crippen molar-refractivity contribution >= 4 is 45.6 Å². The van der Waals surface area contributed by atoms with Crippen LogP contribution in [-0.4, -0.2) is 65.7 Å². The van der Waals surface area contributed by atoms with E-state index in [1.807, 2.05) is 36.4 Å². The number of aromatic nitrogens is 3. The van der Waals surface area contributed by atoms with Crippen molar-refractivity contribution in [1.82, 2.24) is 19.9 Å². The van der Waals surface area contributed by atoms with E-state index in [-0.39, 0.29) is 18.6 Å². The zero-order valence-corrected chi connectivity index (χ0v) is 24.3. The molecule has 0 bridgehead atoms. The Morgan fingerprint density at radius 3 is 2.79 bits per heavy atom. The van der Waals surface area contributed by atoms with Crippen molar-refractivity contribution in [1.29, 1.82) is 0 Å². The molecule has 1 saturated heterocycles. The molecular formula is C31H33ClN6O4. The maximum atomic E-state index is 12.9. The molecule has 2 N–H and O–H groups in total. The average molecular weight is 589 g/mol. The normalized spacial score (nSPS) is 15.3. The Kier molecular flexibility index (Phi) is 9.81. The molecule has 1 fully saturated rings. The van der Waals surface area contributed by atoms with E-state index < -0.39 is 0 Å². The first-order valence-electron chi connectivity index (χ1n) is 13.7. The van der Waals surface area contributed by atoms with Crippen LogP contribution in [0.5, 0.6) is 11.5 Å². The van der Waals surface area contributed by atoms with Crippen LogP contribution in [0.25, 0.3) is 10.9 Å². The molecule has 0 unspecified atom stereocenters. The van der Waals surface area contributed by atoms with Crippen LogP contribution < -0.4 is 20.1 Å². The summed E-state index contributed by atoms with van der Waals surface area (Å²) in [5.74, 6) is 1.22. The molecule has 42 heavy (non-hydrogen) atoms. The number of likely N-dealkylation sites (N-methyl/N-ethyl adjacent to an activating group) is 1. The number of rotatable bonds is 12. The third-order valence-corrected chi connectivity index (χ3v) is 7.19. The lowest BCUT2D eigenvalue weighted by Crippen LogP contribution is -2.23. The van der Waals surface area contributed by atoms with Crippen molar-refractivity contribution in [3.63, 3.8) is 0 Å². The van der Waals surface area contributed by atoms with Crippen LogP contribution in [-0.2, 0) is 16.1 Å². The van der Waals surface area contributed by atoms with Crippen LogP contribution in [0.2, 0.25) is 5.02 Å². The number of methoxy groups -OCH3 is 1. The second-order valence-electron chi connectivity index (χ2n) is 9.82. The fourth-order valence-electron chi connectivity index (χ4n) is 4.71. The van der Waals surface area contributed by atoms with Crippen LogP contribution in [0.1, 0.15) is 18.5 Å². The summed E-state index contributed by atoms with van der Waals surface area (Å²) in [5, 5.41) is 7.33. The summed E-state index contributed by atoms with van der Waals surface area (Å²) in [4.78, 5) is 28.3. The van der Waals surface area contributed by atoms with E-state index in [0.717, 1.165) is 25.1 Å². The summed E-state index contributed by atoms with van der Waals surface area (Å²) in [6, 6.07) is 14.9. The zero-order chi connectivity index (χ0) is 29.3. The molecule has 0 saturated carbocycles. The number of pyridine rings is 1. The summed E-state index contributed by atoms with van der Waals surface area (Å²) < 4.78 is 17.2. The van der Waals surface area contributed by atoms with E-state index in [4.69, 9.17) is 25.8 Å². The predicted octanol–water partition coefficient (Wildman–Crippen LogP) is 5.61. The van der Waals surface area contributed by atoms with Crippen molar-refractivity contribution in [2.75, 3.05) is 44.5 Å². The van der Waals surface area contributed by atoms with Crippen LogP contribution in [0.15, 0.2) is 73.2 Å². The largest absolute Gasteiger partial charge is 0.488 e. The monoisotopic (exact) mass is 588 g/mol. The number of benzene rings is 2. The number of carbonyl (C=O) groups excluding carboxylic acids is 1. The molecule has 5 rings (SSSR count). The van der Waals surface area contributed by atoms with Crippen LogP contribution in [0.4, 0.5) is 17.2 Å².